The van der Waals surface area contributed by atoms with Crippen molar-refractivity contribution in [2.45, 2.75) is 19.4 Å². The van der Waals surface area contributed by atoms with Crippen LogP contribution in [0.15, 0.2) is 60.7 Å². The molecule has 3 aromatic rings. The lowest BCUT2D eigenvalue weighted by Crippen LogP contribution is -2.19. The number of rotatable bonds is 4. The summed E-state index contributed by atoms with van der Waals surface area (Å²) in [5.41, 5.74) is 3.39. The molecule has 28 heavy (non-hydrogen) atoms. The summed E-state index contributed by atoms with van der Waals surface area (Å²) in [5, 5.41) is 7.27. The van der Waals surface area contributed by atoms with Gasteiger partial charge in [0.15, 0.2) is 9.84 Å². The van der Waals surface area contributed by atoms with Crippen molar-refractivity contribution in [2.75, 3.05) is 16.8 Å². The first-order valence-electron chi connectivity index (χ1n) is 9.15. The molecule has 2 aromatic carbocycles. The van der Waals surface area contributed by atoms with E-state index in [0.717, 1.165) is 16.8 Å². The lowest BCUT2D eigenvalue weighted by molar-refractivity contribution is 0.102. The van der Waals surface area contributed by atoms with Crippen LogP contribution < -0.4 is 5.32 Å². The second-order valence-corrected chi connectivity index (χ2v) is 9.30. The van der Waals surface area contributed by atoms with E-state index < -0.39 is 9.84 Å². The Morgan fingerprint density at radius 3 is 2.39 bits per heavy atom. The molecule has 1 aromatic heterocycles. The Labute approximate surface area is 164 Å². The van der Waals surface area contributed by atoms with E-state index in [1.165, 1.54) is 0 Å². The summed E-state index contributed by atoms with van der Waals surface area (Å²) in [4.78, 5) is 12.7. The number of hydrogen-bond donors (Lipinski definition) is 1. The van der Waals surface area contributed by atoms with Crippen molar-refractivity contribution in [1.29, 1.82) is 0 Å². The standard InChI is InChI=1S/C21H21N3O3S/c1-15-13-20(24(23-15)19-11-12-28(26,27)14-19)22-21(25)18-9-7-17(8-10-18)16-5-3-2-4-6-16/h2-10,13,19H,11-12,14H2,1H3,(H,22,25). The lowest BCUT2D eigenvalue weighted by Gasteiger charge is -2.14. The van der Waals surface area contributed by atoms with Gasteiger partial charge >= 0.3 is 0 Å². The number of sulfone groups is 1. The number of carbonyl (C=O) groups is 1. The number of benzene rings is 2. The molecular weight excluding hydrogens is 374 g/mol. The molecule has 1 amide bonds. The molecule has 1 fully saturated rings. The summed E-state index contributed by atoms with van der Waals surface area (Å²) in [5.74, 6) is 0.492. The van der Waals surface area contributed by atoms with E-state index in [0.29, 0.717) is 17.8 Å². The molecule has 1 N–H and O–H groups in total. The summed E-state index contributed by atoms with van der Waals surface area (Å²) in [7, 11) is -3.04. The number of hydrogen-bond acceptors (Lipinski definition) is 4. The first-order chi connectivity index (χ1) is 13.4. The van der Waals surface area contributed by atoms with Crippen molar-refractivity contribution < 1.29 is 13.2 Å². The Bertz CT molecular complexity index is 1100. The van der Waals surface area contributed by atoms with Crippen LogP contribution in [-0.2, 0) is 9.84 Å². The third kappa shape index (κ3) is 3.84. The van der Waals surface area contributed by atoms with Crippen molar-refractivity contribution in [1.82, 2.24) is 9.78 Å². The highest BCUT2D eigenvalue weighted by Gasteiger charge is 2.31. The molecule has 0 aliphatic carbocycles. The number of nitrogens with one attached hydrogen (secondary N) is 1. The monoisotopic (exact) mass is 395 g/mol. The number of aryl methyl sites for hydroxylation is 1. The number of nitrogens with zero attached hydrogens (tertiary/aromatic N) is 2. The van der Waals surface area contributed by atoms with E-state index in [9.17, 15) is 13.2 Å². The molecule has 0 saturated carbocycles. The predicted molar refractivity (Wildman–Crippen MR) is 109 cm³/mol. The number of carbonyl (C=O) groups excluding carboxylic acids is 1. The van der Waals surface area contributed by atoms with Gasteiger partial charge in [0.25, 0.3) is 5.91 Å². The fourth-order valence-electron chi connectivity index (χ4n) is 3.49. The van der Waals surface area contributed by atoms with Gasteiger partial charge in [0.2, 0.25) is 0 Å². The van der Waals surface area contributed by atoms with Gasteiger partial charge in [0.05, 0.1) is 23.2 Å². The Kier molecular flexibility index (Phi) is 4.77. The average molecular weight is 395 g/mol. The molecule has 0 bridgehead atoms. The van der Waals surface area contributed by atoms with Gasteiger partial charge in [0.1, 0.15) is 5.82 Å². The Morgan fingerprint density at radius 1 is 1.07 bits per heavy atom. The highest BCUT2D eigenvalue weighted by atomic mass is 32.2. The second kappa shape index (κ2) is 7.24. The molecule has 7 heteroatoms. The number of anilines is 1. The lowest BCUT2D eigenvalue weighted by atomic mass is 10.0. The van der Waals surface area contributed by atoms with Crippen LogP contribution in [0.1, 0.15) is 28.5 Å². The molecule has 1 aliphatic rings. The first-order valence-corrected chi connectivity index (χ1v) is 11.0. The molecule has 1 aliphatic heterocycles. The minimum absolute atomic E-state index is 0.0583. The van der Waals surface area contributed by atoms with E-state index in [-0.39, 0.29) is 23.5 Å². The zero-order valence-electron chi connectivity index (χ0n) is 15.5. The Balaban J connectivity index is 1.53. The van der Waals surface area contributed by atoms with Crippen LogP contribution in [0.5, 0.6) is 0 Å². The van der Waals surface area contributed by atoms with Crippen LogP contribution >= 0.6 is 0 Å². The molecule has 6 nitrogen and oxygen atoms in total. The van der Waals surface area contributed by atoms with Gasteiger partial charge in [-0.05, 0) is 36.6 Å². The maximum Gasteiger partial charge on any atom is 0.256 e. The molecular formula is C21H21N3O3S. The highest BCUT2D eigenvalue weighted by molar-refractivity contribution is 7.91. The SMILES string of the molecule is Cc1cc(NC(=O)c2ccc(-c3ccccc3)cc2)n(C2CCS(=O)(=O)C2)n1. The molecule has 144 valence electrons. The maximum atomic E-state index is 12.7. The predicted octanol–water partition coefficient (Wildman–Crippen LogP) is 3.47. The minimum Gasteiger partial charge on any atom is -0.307 e. The highest BCUT2D eigenvalue weighted by Crippen LogP contribution is 2.27. The van der Waals surface area contributed by atoms with Gasteiger partial charge in [-0.25, -0.2) is 13.1 Å². The number of amides is 1. The van der Waals surface area contributed by atoms with Crippen LogP contribution in [-0.4, -0.2) is 35.6 Å². The second-order valence-electron chi connectivity index (χ2n) is 7.07. The maximum absolute atomic E-state index is 12.7. The van der Waals surface area contributed by atoms with Gasteiger partial charge in [-0.15, -0.1) is 0 Å². The van der Waals surface area contributed by atoms with Gasteiger partial charge in [-0.1, -0.05) is 42.5 Å². The van der Waals surface area contributed by atoms with E-state index in [1.807, 2.05) is 49.4 Å². The quantitative estimate of drug-likeness (QED) is 0.733. The zero-order chi connectivity index (χ0) is 19.7. The van der Waals surface area contributed by atoms with Crippen molar-refractivity contribution >= 4 is 21.6 Å². The summed E-state index contributed by atoms with van der Waals surface area (Å²) in [6.07, 6.45) is 0.512. The summed E-state index contributed by atoms with van der Waals surface area (Å²) < 4.78 is 25.2. The largest absolute Gasteiger partial charge is 0.307 e. The zero-order valence-corrected chi connectivity index (χ0v) is 16.3. The van der Waals surface area contributed by atoms with Crippen LogP contribution in [0, 0.1) is 6.92 Å². The minimum atomic E-state index is -3.04. The van der Waals surface area contributed by atoms with E-state index >= 15 is 0 Å². The van der Waals surface area contributed by atoms with Gasteiger partial charge in [-0.2, -0.15) is 5.10 Å². The molecule has 2 heterocycles. The number of aromatic nitrogens is 2. The fraction of sp³-hybridized carbons (Fsp3) is 0.238. The summed E-state index contributed by atoms with van der Waals surface area (Å²) in [6, 6.07) is 18.9. The topological polar surface area (TPSA) is 81.1 Å². The van der Waals surface area contributed by atoms with Crippen LogP contribution in [0.4, 0.5) is 5.82 Å². The van der Waals surface area contributed by atoms with Crippen molar-refractivity contribution in [2.24, 2.45) is 0 Å². The van der Waals surface area contributed by atoms with Crippen LogP contribution in [0.3, 0.4) is 0 Å². The van der Waals surface area contributed by atoms with E-state index in [1.54, 1.807) is 22.9 Å². The smallest absolute Gasteiger partial charge is 0.256 e. The van der Waals surface area contributed by atoms with Crippen molar-refractivity contribution in [3.63, 3.8) is 0 Å². The van der Waals surface area contributed by atoms with Crippen molar-refractivity contribution in [3.8, 4) is 11.1 Å². The normalized spacial score (nSPS) is 18.1. The van der Waals surface area contributed by atoms with Gasteiger partial charge < -0.3 is 5.32 Å². The van der Waals surface area contributed by atoms with Crippen LogP contribution in [0.25, 0.3) is 11.1 Å². The molecule has 1 atom stereocenters. The molecule has 0 spiro atoms. The Morgan fingerprint density at radius 2 is 1.75 bits per heavy atom. The first kappa shape index (κ1) is 18.4. The average Bonchev–Trinajstić information content (AvgIpc) is 3.24. The Hall–Kier alpha value is -2.93. The van der Waals surface area contributed by atoms with Gasteiger partial charge in [-0.3, -0.25) is 4.79 Å². The summed E-state index contributed by atoms with van der Waals surface area (Å²) >= 11 is 0. The molecule has 4 rings (SSSR count). The fourth-order valence-corrected chi connectivity index (χ4v) is 5.18. The van der Waals surface area contributed by atoms with Crippen LogP contribution in [0.2, 0.25) is 0 Å². The molecule has 1 unspecified atom stereocenters. The third-order valence-electron chi connectivity index (χ3n) is 4.91. The molecule has 0 radical (unpaired) electrons. The van der Waals surface area contributed by atoms with Gasteiger partial charge in [0, 0.05) is 11.6 Å². The van der Waals surface area contributed by atoms with Crippen molar-refractivity contribution in [3.05, 3.63) is 71.9 Å². The third-order valence-corrected chi connectivity index (χ3v) is 6.66. The van der Waals surface area contributed by atoms with E-state index in [4.69, 9.17) is 0 Å². The summed E-state index contributed by atoms with van der Waals surface area (Å²) in [6.45, 7) is 1.82. The van der Waals surface area contributed by atoms with E-state index in [2.05, 4.69) is 10.4 Å². The molecule has 1 saturated heterocycles.